The number of halogens is 3. The van der Waals surface area contributed by atoms with Gasteiger partial charge in [-0.05, 0) is 39.3 Å². The molecule has 0 amide bonds. The number of hydrogen-bond donors (Lipinski definition) is 1. The van der Waals surface area contributed by atoms with Crippen LogP contribution in [0.4, 0.5) is 24.1 Å². The second kappa shape index (κ2) is 10.1. The fourth-order valence-corrected chi connectivity index (χ4v) is 6.89. The molecule has 1 aromatic carbocycles. The molecule has 4 aromatic rings. The topological polar surface area (TPSA) is 93.3 Å². The van der Waals surface area contributed by atoms with Crippen LogP contribution < -0.4 is 15.4 Å². The highest BCUT2D eigenvalue weighted by atomic mass is 32.1. The Balaban J connectivity index is 1.51. The standard InChI is InChI=1S/C27H30F3N7OS/c1-3-36(4-2)24-17-12-32-21(16-7-5-8-18-20(16)33-25(31)39-18)19(23(29)30)22(17)34-26(35-24)38-14-27-9-6-10-37(27)13-15(28)11-27/h5,7-8,12,15,23H,3-4,6,9-11,13-14H2,1-2H3,(H2,31,33)/t15-,27+/m1/s1. The lowest BCUT2D eigenvalue weighted by molar-refractivity contribution is 0.107. The maximum absolute atomic E-state index is 14.9. The summed E-state index contributed by atoms with van der Waals surface area (Å²) < 4.78 is 51.0. The number of ether oxygens (including phenoxy) is 1. The van der Waals surface area contributed by atoms with Gasteiger partial charge in [0.1, 0.15) is 18.6 Å². The lowest BCUT2D eigenvalue weighted by Crippen LogP contribution is -2.43. The first-order valence-corrected chi connectivity index (χ1v) is 14.1. The summed E-state index contributed by atoms with van der Waals surface area (Å²) >= 11 is 1.29. The third kappa shape index (κ3) is 4.43. The van der Waals surface area contributed by atoms with E-state index in [-0.39, 0.29) is 29.4 Å². The first-order chi connectivity index (χ1) is 18.8. The van der Waals surface area contributed by atoms with Crippen molar-refractivity contribution in [1.82, 2.24) is 24.8 Å². The van der Waals surface area contributed by atoms with Crippen molar-refractivity contribution in [3.05, 3.63) is 30.0 Å². The predicted molar refractivity (Wildman–Crippen MR) is 147 cm³/mol. The van der Waals surface area contributed by atoms with Gasteiger partial charge in [-0.2, -0.15) is 9.97 Å². The van der Waals surface area contributed by atoms with Gasteiger partial charge < -0.3 is 15.4 Å². The van der Waals surface area contributed by atoms with Crippen molar-refractivity contribution in [3.8, 4) is 17.3 Å². The summed E-state index contributed by atoms with van der Waals surface area (Å²) in [6, 6.07) is 5.34. The molecule has 0 bridgehead atoms. The molecular formula is C27H30F3N7OS. The number of para-hydroxylation sites is 1. The van der Waals surface area contributed by atoms with Gasteiger partial charge in [-0.15, -0.1) is 0 Å². The van der Waals surface area contributed by atoms with Crippen molar-refractivity contribution >= 4 is 43.4 Å². The van der Waals surface area contributed by atoms with Crippen molar-refractivity contribution in [3.63, 3.8) is 0 Å². The maximum atomic E-state index is 14.9. The lowest BCUT2D eigenvalue weighted by atomic mass is 9.95. The smallest absolute Gasteiger partial charge is 0.319 e. The van der Waals surface area contributed by atoms with E-state index in [4.69, 9.17) is 10.5 Å². The van der Waals surface area contributed by atoms with Gasteiger partial charge in [0.15, 0.2) is 5.13 Å². The molecule has 0 spiro atoms. The number of hydrogen-bond acceptors (Lipinski definition) is 9. The van der Waals surface area contributed by atoms with Crippen LogP contribution in [-0.4, -0.2) is 69.3 Å². The van der Waals surface area contributed by atoms with Crippen LogP contribution in [0.25, 0.3) is 32.4 Å². The van der Waals surface area contributed by atoms with E-state index in [1.165, 1.54) is 11.3 Å². The SMILES string of the molecule is CCN(CC)c1nc(OC[C@@]23CCCN2C[C@H](F)C3)nc2c(C(F)F)c(-c3cccc4sc(N)nc34)ncc12. The molecular weight excluding hydrogens is 527 g/mol. The minimum atomic E-state index is -2.87. The van der Waals surface area contributed by atoms with Gasteiger partial charge in [0.25, 0.3) is 6.43 Å². The zero-order chi connectivity index (χ0) is 27.3. The lowest BCUT2D eigenvalue weighted by Gasteiger charge is -2.31. The van der Waals surface area contributed by atoms with E-state index in [0.717, 1.165) is 24.1 Å². The number of anilines is 2. The Morgan fingerprint density at radius 1 is 1.21 bits per heavy atom. The van der Waals surface area contributed by atoms with Gasteiger partial charge in [0.2, 0.25) is 0 Å². The molecule has 39 heavy (non-hydrogen) atoms. The Labute approximate surface area is 228 Å². The van der Waals surface area contributed by atoms with Crippen molar-refractivity contribution in [2.24, 2.45) is 0 Å². The fraction of sp³-hybridized carbons (Fsp3) is 0.481. The zero-order valence-electron chi connectivity index (χ0n) is 21.8. The van der Waals surface area contributed by atoms with Crippen molar-refractivity contribution < 1.29 is 17.9 Å². The quantitative estimate of drug-likeness (QED) is 0.298. The summed E-state index contributed by atoms with van der Waals surface area (Å²) in [7, 11) is 0. The molecule has 0 aliphatic carbocycles. The largest absolute Gasteiger partial charge is 0.461 e. The Hall–Kier alpha value is -3.25. The van der Waals surface area contributed by atoms with Gasteiger partial charge in [0, 0.05) is 37.8 Å². The summed E-state index contributed by atoms with van der Waals surface area (Å²) in [4.78, 5) is 22.2. The molecule has 2 atom stereocenters. The molecule has 0 saturated carbocycles. The van der Waals surface area contributed by atoms with E-state index in [1.807, 2.05) is 24.8 Å². The third-order valence-corrected chi connectivity index (χ3v) is 8.79. The van der Waals surface area contributed by atoms with Crippen LogP contribution in [0.1, 0.15) is 45.1 Å². The molecule has 2 aliphatic heterocycles. The van der Waals surface area contributed by atoms with Gasteiger partial charge in [0.05, 0.1) is 37.9 Å². The van der Waals surface area contributed by atoms with Crippen molar-refractivity contribution in [2.45, 2.75) is 51.2 Å². The zero-order valence-corrected chi connectivity index (χ0v) is 22.6. The van der Waals surface area contributed by atoms with E-state index in [2.05, 4.69) is 24.8 Å². The predicted octanol–water partition coefficient (Wildman–Crippen LogP) is 5.62. The van der Waals surface area contributed by atoms with Crippen molar-refractivity contribution in [2.75, 3.05) is 43.4 Å². The molecule has 2 aliphatic rings. The number of nitrogen functional groups attached to an aromatic ring is 1. The van der Waals surface area contributed by atoms with Gasteiger partial charge in [-0.3, -0.25) is 9.88 Å². The molecule has 5 heterocycles. The number of aromatic nitrogens is 4. The number of pyridine rings is 1. The molecule has 206 valence electrons. The Bertz CT molecular complexity index is 1530. The number of benzene rings is 1. The molecule has 8 nitrogen and oxygen atoms in total. The number of thiazole rings is 1. The van der Waals surface area contributed by atoms with Crippen LogP contribution in [0, 0.1) is 0 Å². The molecule has 2 N–H and O–H groups in total. The summed E-state index contributed by atoms with van der Waals surface area (Å²) in [6.07, 6.45) is -0.0528. The Morgan fingerprint density at radius 3 is 2.79 bits per heavy atom. The summed E-state index contributed by atoms with van der Waals surface area (Å²) in [5.41, 5.74) is 6.37. The molecule has 2 fully saturated rings. The molecule has 6 rings (SSSR count). The number of rotatable bonds is 8. The average molecular weight is 558 g/mol. The Morgan fingerprint density at radius 2 is 2.03 bits per heavy atom. The summed E-state index contributed by atoms with van der Waals surface area (Å²) in [6.45, 7) is 6.57. The first-order valence-electron chi connectivity index (χ1n) is 13.2. The fourth-order valence-electron chi connectivity index (χ4n) is 6.13. The number of nitrogens with two attached hydrogens (primary N) is 1. The minimum Gasteiger partial charge on any atom is -0.461 e. The minimum absolute atomic E-state index is 0.00287. The second-order valence-electron chi connectivity index (χ2n) is 10.2. The third-order valence-electron chi connectivity index (χ3n) is 7.94. The maximum Gasteiger partial charge on any atom is 0.319 e. The van der Waals surface area contributed by atoms with Crippen LogP contribution in [0.2, 0.25) is 0 Å². The van der Waals surface area contributed by atoms with Crippen LogP contribution in [0.5, 0.6) is 6.01 Å². The average Bonchev–Trinajstić information content (AvgIpc) is 3.57. The first kappa shape index (κ1) is 26.0. The highest BCUT2D eigenvalue weighted by Crippen LogP contribution is 2.42. The molecule has 0 radical (unpaired) electrons. The highest BCUT2D eigenvalue weighted by molar-refractivity contribution is 7.22. The van der Waals surface area contributed by atoms with Gasteiger partial charge in [-0.25, -0.2) is 18.2 Å². The monoisotopic (exact) mass is 557 g/mol. The van der Waals surface area contributed by atoms with E-state index >= 15 is 0 Å². The van der Waals surface area contributed by atoms with Gasteiger partial charge >= 0.3 is 6.01 Å². The summed E-state index contributed by atoms with van der Waals surface area (Å²) in [5, 5.41) is 0.766. The van der Waals surface area contributed by atoms with E-state index in [9.17, 15) is 13.2 Å². The number of alkyl halides is 3. The highest BCUT2D eigenvalue weighted by Gasteiger charge is 2.49. The van der Waals surface area contributed by atoms with E-state index in [0.29, 0.717) is 53.5 Å². The number of fused-ring (bicyclic) bond motifs is 3. The van der Waals surface area contributed by atoms with Crippen molar-refractivity contribution in [1.29, 1.82) is 0 Å². The van der Waals surface area contributed by atoms with Crippen LogP contribution in [0.15, 0.2) is 24.4 Å². The number of nitrogens with zero attached hydrogens (tertiary/aromatic N) is 6. The normalized spacial score (nSPS) is 21.3. The van der Waals surface area contributed by atoms with Crippen LogP contribution >= 0.6 is 11.3 Å². The van der Waals surface area contributed by atoms with Crippen LogP contribution in [-0.2, 0) is 0 Å². The Kier molecular flexibility index (Phi) is 6.70. The van der Waals surface area contributed by atoms with E-state index < -0.39 is 18.1 Å². The second-order valence-corrected chi connectivity index (χ2v) is 11.2. The summed E-state index contributed by atoms with van der Waals surface area (Å²) in [5.74, 6) is 0.479. The molecule has 12 heteroatoms. The van der Waals surface area contributed by atoms with Gasteiger partial charge in [-0.1, -0.05) is 23.5 Å². The van der Waals surface area contributed by atoms with Crippen LogP contribution in [0.3, 0.4) is 0 Å². The molecule has 2 saturated heterocycles. The molecule has 0 unspecified atom stereocenters. The molecule has 3 aromatic heterocycles. The van der Waals surface area contributed by atoms with E-state index in [1.54, 1.807) is 18.3 Å².